The van der Waals surface area contributed by atoms with Crippen molar-refractivity contribution in [2.45, 2.75) is 43.4 Å². The molecule has 4 rings (SSSR count). The fourth-order valence-electron chi connectivity index (χ4n) is 5.54. The SMILES string of the molecule is CB(O)N=C(N)[B]OC=N.CB(O)N=C([B]OC=N)NS(=O)(=O)C(F)(F)F.CN1CCN(c2ccc(CC(=N)N)cc2Cl)CC1.CN1CCN(c2ccc(N)cc2Cl)CC1.CSC([B]OC=N)=NB(C)O.O=S(=O)(OS(=O)(=O)C(F)(F)F)C(F)(F)F. The topological polar surface area (TPSA) is 436 Å². The molecule has 2 aromatic carbocycles. The number of nitrogens with one attached hydrogen (secondary N) is 5. The van der Waals surface area contributed by atoms with E-state index in [1.807, 2.05) is 46.3 Å². The molecule has 49 heteroatoms. The Balaban J connectivity index is 0. The number of alkyl halides is 9. The van der Waals surface area contributed by atoms with Crippen LogP contribution in [-0.4, -0.2) is 224 Å². The number of halogens is 11. The first-order chi connectivity index (χ1) is 39.4. The van der Waals surface area contributed by atoms with Gasteiger partial charge in [0, 0.05) is 64.5 Å². The van der Waals surface area contributed by atoms with E-state index in [1.165, 1.54) is 26.1 Å². The van der Waals surface area contributed by atoms with Crippen molar-refractivity contribution in [1.82, 2.24) is 14.5 Å². The molecule has 479 valence electrons. The average molecular weight is 1360 g/mol. The minimum absolute atomic E-state index is 0.0542. The lowest BCUT2D eigenvalue weighted by Crippen LogP contribution is -2.44. The molecular weight excluding hydrogens is 1300 g/mol. The molecule has 0 atom stereocenters. The van der Waals surface area contributed by atoms with Gasteiger partial charge in [0.05, 0.1) is 37.9 Å². The zero-order valence-electron chi connectivity index (χ0n) is 46.1. The van der Waals surface area contributed by atoms with Crippen LogP contribution < -0.4 is 31.7 Å². The van der Waals surface area contributed by atoms with Crippen molar-refractivity contribution >= 4 is 167 Å². The maximum Gasteiger partial charge on any atom is 0.524 e. The fourth-order valence-corrected chi connectivity index (χ4v) is 8.63. The van der Waals surface area contributed by atoms with Gasteiger partial charge in [-0.1, -0.05) is 29.3 Å². The first kappa shape index (κ1) is 82.7. The molecule has 0 unspecified atom stereocenters. The van der Waals surface area contributed by atoms with Crippen molar-refractivity contribution in [3.05, 3.63) is 52.0 Å². The zero-order chi connectivity index (χ0) is 67.0. The third-order valence-corrected chi connectivity index (χ3v) is 14.2. The van der Waals surface area contributed by atoms with Crippen LogP contribution in [0.1, 0.15) is 5.56 Å². The number of nitrogen functional groups attached to an aromatic ring is 1. The van der Waals surface area contributed by atoms with Crippen LogP contribution >= 0.6 is 35.0 Å². The number of anilines is 3. The predicted octanol–water partition coefficient (Wildman–Crippen LogP) is 1.79. The van der Waals surface area contributed by atoms with Crippen molar-refractivity contribution in [2.24, 2.45) is 26.2 Å². The van der Waals surface area contributed by atoms with E-state index in [0.29, 0.717) is 31.6 Å². The highest BCUT2D eigenvalue weighted by Gasteiger charge is 2.57. The highest BCUT2D eigenvalue weighted by molar-refractivity contribution is 8.16. The van der Waals surface area contributed by atoms with E-state index in [1.54, 1.807) is 6.82 Å². The van der Waals surface area contributed by atoms with Gasteiger partial charge in [0.15, 0.2) is 0 Å². The summed E-state index contributed by atoms with van der Waals surface area (Å²) in [6.07, 6.45) is 4.12. The minimum Gasteiger partial charge on any atom is -0.548 e. The number of nitrogens with zero attached hydrogens (tertiary/aromatic N) is 7. The lowest BCUT2D eigenvalue weighted by atomic mass is 9.87. The van der Waals surface area contributed by atoms with Crippen LogP contribution in [0.25, 0.3) is 0 Å². The van der Waals surface area contributed by atoms with Gasteiger partial charge in [0.25, 0.3) is 0 Å². The summed E-state index contributed by atoms with van der Waals surface area (Å²) in [7, 11) is -15.3. The van der Waals surface area contributed by atoms with Crippen LogP contribution in [0.15, 0.2) is 51.1 Å². The molecule has 86 heavy (non-hydrogen) atoms. The maximum absolute atomic E-state index is 12.0. The Kier molecular flexibility index (Phi) is 38.0. The molecule has 2 aliphatic heterocycles. The highest BCUT2D eigenvalue weighted by atomic mass is 35.5. The summed E-state index contributed by atoms with van der Waals surface area (Å²) >= 11 is 13.8. The molecule has 14 N–H and O–H groups in total. The number of thioether (sulfide) groups is 1. The van der Waals surface area contributed by atoms with Gasteiger partial charge in [0.2, 0.25) is 0 Å². The van der Waals surface area contributed by atoms with Gasteiger partial charge in [-0.25, -0.2) is 0 Å². The summed E-state index contributed by atoms with van der Waals surface area (Å²) in [5, 5.41) is 54.4. The first-order valence-electron chi connectivity index (χ1n) is 23.4. The molecule has 2 saturated heterocycles. The zero-order valence-corrected chi connectivity index (χ0v) is 50.9. The number of rotatable bonds is 19. The third-order valence-electron chi connectivity index (χ3n) is 9.28. The van der Waals surface area contributed by atoms with Crippen LogP contribution in [0.3, 0.4) is 0 Å². The lowest BCUT2D eigenvalue weighted by Gasteiger charge is -2.34. The second kappa shape index (κ2) is 39.5. The number of piperazine rings is 2. The Labute approximate surface area is 508 Å². The van der Waals surface area contributed by atoms with Crippen molar-refractivity contribution in [1.29, 1.82) is 21.6 Å². The summed E-state index contributed by atoms with van der Waals surface area (Å²) in [6.45, 7) is 12.4. The number of amidine groups is 3. The average Bonchev–Trinajstić information content (AvgIpc) is 1.97. The monoisotopic (exact) mass is 1360 g/mol. The van der Waals surface area contributed by atoms with Gasteiger partial charge >= 0.3 is 90.4 Å². The number of hydrogen-bond acceptors (Lipinski definition) is 26. The van der Waals surface area contributed by atoms with E-state index in [4.69, 9.17) is 77.1 Å². The molecule has 0 amide bonds. The van der Waals surface area contributed by atoms with Gasteiger partial charge in [-0.3, -0.25) is 26.4 Å². The lowest BCUT2D eigenvalue weighted by molar-refractivity contribution is -0.0586. The van der Waals surface area contributed by atoms with Crippen molar-refractivity contribution in [2.75, 3.05) is 88.2 Å². The van der Waals surface area contributed by atoms with Gasteiger partial charge in [-0.05, 0) is 76.7 Å². The molecule has 2 aliphatic rings. The van der Waals surface area contributed by atoms with Crippen molar-refractivity contribution in [3.63, 3.8) is 0 Å². The fraction of sp³-hybridized carbons (Fsp3) is 0.486. The van der Waals surface area contributed by atoms with Crippen LogP contribution in [0.5, 0.6) is 0 Å². The minimum atomic E-state index is -6.85. The van der Waals surface area contributed by atoms with Gasteiger partial charge in [-0.2, -0.15) is 64.8 Å². The second-order valence-corrected chi connectivity index (χ2v) is 23.1. The Morgan fingerprint density at radius 3 is 1.42 bits per heavy atom. The van der Waals surface area contributed by atoms with Crippen LogP contribution in [0, 0.1) is 21.6 Å². The molecule has 2 heterocycles. The molecule has 0 bridgehead atoms. The van der Waals surface area contributed by atoms with E-state index < -0.39 is 73.7 Å². The van der Waals surface area contributed by atoms with E-state index in [9.17, 15) is 64.8 Å². The van der Waals surface area contributed by atoms with E-state index in [-0.39, 0.29) is 11.6 Å². The Morgan fingerprint density at radius 1 is 0.674 bits per heavy atom. The molecule has 28 nitrogen and oxygen atoms in total. The molecule has 3 radical (unpaired) electrons. The largest absolute Gasteiger partial charge is 0.548 e. The maximum atomic E-state index is 12.0. The Bertz CT molecular complexity index is 2850. The quantitative estimate of drug-likeness (QED) is 0.0238. The predicted molar refractivity (Wildman–Crippen MR) is 320 cm³/mol. The van der Waals surface area contributed by atoms with Crippen molar-refractivity contribution in [3.8, 4) is 0 Å². The molecule has 2 aromatic rings. The van der Waals surface area contributed by atoms with Crippen LogP contribution in [0.4, 0.5) is 56.6 Å². The van der Waals surface area contributed by atoms with E-state index >= 15 is 0 Å². The smallest absolute Gasteiger partial charge is 0.524 e. The van der Waals surface area contributed by atoms with Crippen LogP contribution in [-0.2, 0) is 54.3 Å². The molecule has 0 aromatic heterocycles. The summed E-state index contributed by atoms with van der Waals surface area (Å²) in [5.74, 6) is 0.165. The van der Waals surface area contributed by atoms with Gasteiger partial charge < -0.3 is 80.5 Å². The van der Waals surface area contributed by atoms with Gasteiger partial charge in [0.1, 0.15) is 24.9 Å². The first-order valence-corrected chi connectivity index (χ1v) is 29.6. The normalized spacial score (nSPS) is 14.5. The molecule has 0 saturated carbocycles. The number of benzene rings is 2. The van der Waals surface area contributed by atoms with Gasteiger partial charge in [-0.15, -0.1) is 15.4 Å². The number of likely N-dealkylation sites (N-methyl/N-ethyl adjacent to an activating group) is 2. The van der Waals surface area contributed by atoms with Crippen molar-refractivity contribution < 1.29 is 97.4 Å². The Morgan fingerprint density at radius 2 is 1.07 bits per heavy atom. The van der Waals surface area contributed by atoms with E-state index in [0.717, 1.165) is 110 Å². The highest BCUT2D eigenvalue weighted by Crippen LogP contribution is 2.33. The number of sulfonamides is 1. The summed E-state index contributed by atoms with van der Waals surface area (Å²) in [4.78, 5) is 20.2. The second-order valence-electron chi connectivity index (χ2n) is 16.4. The number of nitrogens with two attached hydrogens (primary N) is 3. The third kappa shape index (κ3) is 34.8. The van der Waals surface area contributed by atoms with Crippen LogP contribution in [0.2, 0.25) is 30.5 Å². The summed E-state index contributed by atoms with van der Waals surface area (Å²) in [5.41, 5.74) is 1.24. The molecule has 2 fully saturated rings. The molecular formula is C37H59B6Cl2F9N15O13S4. The standard InChI is InChI=1S/C13H19ClN4.C11H16ClN3.C4H7B2F3N3O4S.C4H9B2N2O2S.C3H8B2N3O2.C2F6O5S2/c1-17-4-6-18(7-5-17)12-3-2-10(8-11(12)14)9-13(15)16;1-14-4-6-15(7-5-14)11-3-2-9(13)8-10(11)12;1-6(13)11-3(5-16-2-10)12-17(14,15)4(7,8)9;1-6(9)8-4(11-2)5-10-3-7;1-5(9)8-3(7)4-10-2-6;3-1(4,5)14(9,10)13-15(11,12)2(6,7)8/h2-3,8H,4-7,9H2,1H3,(H3,15,16);2-3,8H,4-7,13H2,1H3;2,10,13H,1H3,(H,11,12);3,7,9H,1-2H3;2,6,9H,1H3,(H2,7,8);. The molecule has 0 spiro atoms. The summed E-state index contributed by atoms with van der Waals surface area (Å²) < 4.78 is 181. The molecule has 0 aliphatic carbocycles. The van der Waals surface area contributed by atoms with E-state index in [2.05, 4.69) is 62.4 Å². The number of hydrogen-bond donors (Lipinski definition) is 11. The Hall–Kier alpha value is -5.37. The summed E-state index contributed by atoms with van der Waals surface area (Å²) in [6, 6.07) is 11.7.